The SMILES string of the molecule is O=C(Nc1cc(Cl)c(Cl)cc1F)N1[C@H]2CC[C@@H]1c1c(F)cncc1C2. The number of benzene rings is 1. The maximum atomic E-state index is 14.2. The van der Waals surface area contributed by atoms with Crippen LogP contribution >= 0.6 is 23.2 Å². The molecule has 0 spiro atoms. The molecule has 2 aromatic rings. The molecule has 1 aromatic carbocycles. The summed E-state index contributed by atoms with van der Waals surface area (Å²) < 4.78 is 28.3. The van der Waals surface area contributed by atoms with Crippen molar-refractivity contribution in [3.63, 3.8) is 0 Å². The quantitative estimate of drug-likeness (QED) is 0.707. The summed E-state index contributed by atoms with van der Waals surface area (Å²) in [6, 6.07) is 1.40. The van der Waals surface area contributed by atoms with Gasteiger partial charge >= 0.3 is 6.03 Å². The summed E-state index contributed by atoms with van der Waals surface area (Å²) in [7, 11) is 0. The van der Waals surface area contributed by atoms with Crippen molar-refractivity contribution in [2.24, 2.45) is 0 Å². The van der Waals surface area contributed by atoms with Gasteiger partial charge in [-0.25, -0.2) is 13.6 Å². The van der Waals surface area contributed by atoms with Crippen LogP contribution in [0.2, 0.25) is 10.0 Å². The Hall–Kier alpha value is -1.92. The number of hydrogen-bond donors (Lipinski definition) is 1. The minimum absolute atomic E-state index is 0.0557. The molecule has 1 fully saturated rings. The second-order valence-corrected chi connectivity index (χ2v) is 7.04. The van der Waals surface area contributed by atoms with E-state index < -0.39 is 17.7 Å². The molecule has 2 amide bonds. The van der Waals surface area contributed by atoms with Gasteiger partial charge in [0.1, 0.15) is 11.6 Å². The van der Waals surface area contributed by atoms with Crippen molar-refractivity contribution in [3.05, 3.63) is 57.3 Å². The third-order valence-corrected chi connectivity index (χ3v) is 5.52. The highest BCUT2D eigenvalue weighted by Crippen LogP contribution is 2.44. The Kier molecular flexibility index (Phi) is 4.04. The van der Waals surface area contributed by atoms with E-state index in [0.717, 1.165) is 24.2 Å². The third-order valence-electron chi connectivity index (χ3n) is 4.80. The summed E-state index contributed by atoms with van der Waals surface area (Å²) in [6.45, 7) is 0. The molecule has 1 N–H and O–H groups in total. The number of rotatable bonds is 1. The van der Waals surface area contributed by atoms with E-state index in [1.807, 2.05) is 0 Å². The van der Waals surface area contributed by atoms with Crippen molar-refractivity contribution >= 4 is 34.9 Å². The van der Waals surface area contributed by atoms with Gasteiger partial charge in [0.05, 0.1) is 28.0 Å². The number of urea groups is 1. The molecule has 25 heavy (non-hydrogen) atoms. The lowest BCUT2D eigenvalue weighted by Crippen LogP contribution is -2.44. The fourth-order valence-electron chi connectivity index (χ4n) is 3.75. The zero-order valence-corrected chi connectivity index (χ0v) is 14.4. The van der Waals surface area contributed by atoms with Crippen LogP contribution in [-0.4, -0.2) is 22.0 Å². The summed E-state index contributed by atoms with van der Waals surface area (Å²) in [4.78, 5) is 18.2. The number of aromatic nitrogens is 1. The molecule has 1 aromatic heterocycles. The number of amides is 2. The number of nitrogens with one attached hydrogen (secondary N) is 1. The molecule has 2 atom stereocenters. The number of pyridine rings is 1. The molecular weight excluding hydrogens is 371 g/mol. The molecule has 0 unspecified atom stereocenters. The Balaban J connectivity index is 1.64. The zero-order valence-electron chi connectivity index (χ0n) is 12.9. The van der Waals surface area contributed by atoms with E-state index in [1.54, 1.807) is 11.1 Å². The summed E-state index contributed by atoms with van der Waals surface area (Å²) in [5, 5.41) is 2.74. The average molecular weight is 384 g/mol. The van der Waals surface area contributed by atoms with Crippen molar-refractivity contribution in [1.82, 2.24) is 9.88 Å². The maximum absolute atomic E-state index is 14.2. The fraction of sp³-hybridized carbons (Fsp3) is 0.294. The van der Waals surface area contributed by atoms with Crippen LogP contribution in [0.1, 0.15) is 30.0 Å². The van der Waals surface area contributed by atoms with Crippen molar-refractivity contribution < 1.29 is 13.6 Å². The Morgan fingerprint density at radius 3 is 2.72 bits per heavy atom. The molecule has 2 bridgehead atoms. The second-order valence-electron chi connectivity index (χ2n) is 6.23. The van der Waals surface area contributed by atoms with E-state index >= 15 is 0 Å². The van der Waals surface area contributed by atoms with Crippen molar-refractivity contribution in [3.8, 4) is 0 Å². The van der Waals surface area contributed by atoms with Crippen LogP contribution in [0.25, 0.3) is 0 Å². The van der Waals surface area contributed by atoms with Gasteiger partial charge < -0.3 is 10.2 Å². The van der Waals surface area contributed by atoms with Crippen LogP contribution in [-0.2, 0) is 6.42 Å². The number of nitrogens with zero attached hydrogens (tertiary/aromatic N) is 2. The monoisotopic (exact) mass is 383 g/mol. The van der Waals surface area contributed by atoms with Crippen LogP contribution in [0.4, 0.5) is 19.3 Å². The van der Waals surface area contributed by atoms with E-state index in [0.29, 0.717) is 18.4 Å². The van der Waals surface area contributed by atoms with Crippen LogP contribution in [0.15, 0.2) is 24.5 Å². The van der Waals surface area contributed by atoms with Gasteiger partial charge in [-0.15, -0.1) is 0 Å². The second kappa shape index (κ2) is 6.11. The Bertz CT molecular complexity index is 877. The molecule has 2 aliphatic rings. The number of anilines is 1. The van der Waals surface area contributed by atoms with Gasteiger partial charge in [-0.3, -0.25) is 4.98 Å². The summed E-state index contributed by atoms with van der Waals surface area (Å²) in [5.74, 6) is -1.09. The van der Waals surface area contributed by atoms with Gasteiger partial charge in [0, 0.05) is 17.8 Å². The van der Waals surface area contributed by atoms with Crippen molar-refractivity contribution in [1.29, 1.82) is 0 Å². The standard InChI is InChI=1S/C17H13Cl2F2N3O/c18-10-4-12(20)14(5-11(10)19)23-17(25)24-9-1-2-15(24)16-8(3-9)6-22-7-13(16)21/h4-7,9,15H,1-3H2,(H,23,25)/t9-,15+/m0/s1. The Labute approximate surface area is 152 Å². The minimum atomic E-state index is -0.678. The topological polar surface area (TPSA) is 45.2 Å². The molecular formula is C17H13Cl2F2N3O. The number of halogens is 4. The molecule has 3 heterocycles. The predicted octanol–water partition coefficient (Wildman–Crippen LogP) is 4.96. The largest absolute Gasteiger partial charge is 0.322 e. The van der Waals surface area contributed by atoms with Gasteiger partial charge in [0.25, 0.3) is 0 Å². The van der Waals surface area contributed by atoms with Crippen LogP contribution in [0.3, 0.4) is 0 Å². The molecule has 4 nitrogen and oxygen atoms in total. The first-order valence-corrected chi connectivity index (χ1v) is 8.57. The minimum Gasteiger partial charge on any atom is -0.314 e. The van der Waals surface area contributed by atoms with Gasteiger partial charge in [-0.1, -0.05) is 23.2 Å². The number of carbonyl (C=O) groups excluding carboxylic acids is 1. The van der Waals surface area contributed by atoms with E-state index in [1.165, 1.54) is 6.07 Å². The lowest BCUT2D eigenvalue weighted by molar-refractivity contribution is 0.177. The molecule has 8 heteroatoms. The summed E-state index contributed by atoms with van der Waals surface area (Å²) >= 11 is 11.7. The smallest absolute Gasteiger partial charge is 0.314 e. The van der Waals surface area contributed by atoms with Gasteiger partial charge in [0.2, 0.25) is 0 Å². The molecule has 0 saturated carbocycles. The molecule has 4 rings (SSSR count). The van der Waals surface area contributed by atoms with Crippen molar-refractivity contribution in [2.75, 3.05) is 5.32 Å². The highest BCUT2D eigenvalue weighted by atomic mass is 35.5. The van der Waals surface area contributed by atoms with Crippen LogP contribution in [0, 0.1) is 11.6 Å². The van der Waals surface area contributed by atoms with Gasteiger partial charge in [-0.2, -0.15) is 0 Å². The first-order chi connectivity index (χ1) is 12.0. The molecule has 1 saturated heterocycles. The number of hydrogen-bond acceptors (Lipinski definition) is 2. The number of carbonyl (C=O) groups is 1. The number of fused-ring (bicyclic) bond motifs is 4. The first-order valence-electron chi connectivity index (χ1n) is 7.82. The highest BCUT2D eigenvalue weighted by Gasteiger charge is 2.44. The van der Waals surface area contributed by atoms with E-state index in [4.69, 9.17) is 23.2 Å². The van der Waals surface area contributed by atoms with Crippen molar-refractivity contribution in [2.45, 2.75) is 31.3 Å². The Morgan fingerprint density at radius 1 is 1.16 bits per heavy atom. The van der Waals surface area contributed by atoms with E-state index in [9.17, 15) is 13.6 Å². The molecule has 2 aliphatic heterocycles. The van der Waals surface area contributed by atoms with Crippen LogP contribution in [0.5, 0.6) is 0 Å². The summed E-state index contributed by atoms with van der Waals surface area (Å²) in [6.07, 6.45) is 4.77. The average Bonchev–Trinajstić information content (AvgIpc) is 2.86. The van der Waals surface area contributed by atoms with E-state index in [-0.39, 0.29) is 27.8 Å². The maximum Gasteiger partial charge on any atom is 0.322 e. The first kappa shape index (κ1) is 16.5. The highest BCUT2D eigenvalue weighted by molar-refractivity contribution is 6.42. The van der Waals surface area contributed by atoms with Crippen LogP contribution < -0.4 is 5.32 Å². The molecule has 0 aliphatic carbocycles. The van der Waals surface area contributed by atoms with Gasteiger partial charge in [-0.05, 0) is 37.0 Å². The third kappa shape index (κ3) is 2.73. The lowest BCUT2D eigenvalue weighted by Gasteiger charge is -2.36. The zero-order chi connectivity index (χ0) is 17.7. The molecule has 0 radical (unpaired) electrons. The Morgan fingerprint density at radius 2 is 1.92 bits per heavy atom. The van der Waals surface area contributed by atoms with Gasteiger partial charge in [0.15, 0.2) is 0 Å². The molecule has 130 valence electrons. The van der Waals surface area contributed by atoms with E-state index in [2.05, 4.69) is 10.3 Å². The lowest BCUT2D eigenvalue weighted by atomic mass is 9.95. The summed E-state index contributed by atoms with van der Waals surface area (Å²) in [5.41, 5.74) is 1.28. The normalized spacial score (nSPS) is 21.2. The predicted molar refractivity (Wildman–Crippen MR) is 90.9 cm³/mol. The fourth-order valence-corrected chi connectivity index (χ4v) is 4.06.